The summed E-state index contributed by atoms with van der Waals surface area (Å²) in [5.74, 6) is 0.0659. The Kier molecular flexibility index (Phi) is 5.88. The van der Waals surface area contributed by atoms with Crippen LogP contribution in [-0.2, 0) is 4.74 Å². The number of halogens is 2. The second-order valence-electron chi connectivity index (χ2n) is 3.36. The summed E-state index contributed by atoms with van der Waals surface area (Å²) in [6, 6.07) is 6.93. The molecule has 1 atom stereocenters. The summed E-state index contributed by atoms with van der Waals surface area (Å²) in [6.07, 6.45) is 0.847. The molecule has 0 aromatic heterocycles. The molecule has 0 aliphatic carbocycles. The number of benzene rings is 1. The highest BCUT2D eigenvalue weighted by atomic mass is 79.9. The molecule has 0 aliphatic rings. The molecule has 1 nitrogen and oxygen atoms in total. The van der Waals surface area contributed by atoms with Crippen LogP contribution in [0.15, 0.2) is 24.3 Å². The van der Waals surface area contributed by atoms with E-state index < -0.39 is 0 Å². The van der Waals surface area contributed by atoms with Gasteiger partial charge in [0.25, 0.3) is 0 Å². The molecule has 0 aliphatic heterocycles. The fraction of sp³-hybridized carbons (Fsp3) is 0.500. The molecular formula is C12H16BrFO. The molecule has 0 fully saturated rings. The largest absolute Gasteiger partial charge is 0.382 e. The van der Waals surface area contributed by atoms with Gasteiger partial charge in [0.1, 0.15) is 5.82 Å². The Morgan fingerprint density at radius 2 is 2.13 bits per heavy atom. The number of rotatable bonds is 6. The van der Waals surface area contributed by atoms with Crippen molar-refractivity contribution in [2.75, 3.05) is 18.5 Å². The van der Waals surface area contributed by atoms with Gasteiger partial charge in [-0.2, -0.15) is 0 Å². The van der Waals surface area contributed by atoms with Gasteiger partial charge in [-0.25, -0.2) is 4.39 Å². The zero-order valence-corrected chi connectivity index (χ0v) is 10.5. The van der Waals surface area contributed by atoms with Crippen molar-refractivity contribution in [3.8, 4) is 0 Å². The molecule has 0 amide bonds. The Morgan fingerprint density at radius 1 is 1.40 bits per heavy atom. The van der Waals surface area contributed by atoms with Gasteiger partial charge >= 0.3 is 0 Å². The molecule has 1 aromatic rings. The summed E-state index contributed by atoms with van der Waals surface area (Å²) in [6.45, 7) is 3.36. The first kappa shape index (κ1) is 12.7. The highest BCUT2D eigenvalue weighted by molar-refractivity contribution is 9.09. The molecule has 0 N–H and O–H groups in total. The third-order valence-electron chi connectivity index (χ3n) is 2.35. The maximum atomic E-state index is 13.5. The second-order valence-corrected chi connectivity index (χ2v) is 4.01. The first-order valence-corrected chi connectivity index (χ1v) is 6.29. The van der Waals surface area contributed by atoms with Crippen molar-refractivity contribution in [3.63, 3.8) is 0 Å². The van der Waals surface area contributed by atoms with Crippen molar-refractivity contribution in [1.29, 1.82) is 0 Å². The van der Waals surface area contributed by atoms with Crippen LogP contribution >= 0.6 is 15.9 Å². The molecule has 1 aromatic carbocycles. The summed E-state index contributed by atoms with van der Waals surface area (Å²) in [4.78, 5) is 0. The van der Waals surface area contributed by atoms with Gasteiger partial charge in [0.05, 0.1) is 0 Å². The Morgan fingerprint density at radius 3 is 2.73 bits per heavy atom. The lowest BCUT2D eigenvalue weighted by molar-refractivity contribution is 0.141. The second kappa shape index (κ2) is 6.96. The zero-order valence-electron chi connectivity index (χ0n) is 8.88. The molecule has 3 heteroatoms. The molecule has 0 radical (unpaired) electrons. The van der Waals surface area contributed by atoms with Crippen LogP contribution in [0.25, 0.3) is 0 Å². The lowest BCUT2D eigenvalue weighted by atomic mass is 9.98. The smallest absolute Gasteiger partial charge is 0.126 e. The van der Waals surface area contributed by atoms with E-state index >= 15 is 0 Å². The van der Waals surface area contributed by atoms with Crippen LogP contribution in [0.5, 0.6) is 0 Å². The predicted octanol–water partition coefficient (Wildman–Crippen LogP) is 3.73. The molecule has 1 unspecified atom stereocenters. The summed E-state index contributed by atoms with van der Waals surface area (Å²) >= 11 is 3.42. The van der Waals surface area contributed by atoms with Crippen LogP contribution < -0.4 is 0 Å². The van der Waals surface area contributed by atoms with Crippen molar-refractivity contribution in [1.82, 2.24) is 0 Å². The molecule has 15 heavy (non-hydrogen) atoms. The van der Waals surface area contributed by atoms with E-state index in [1.165, 1.54) is 6.07 Å². The van der Waals surface area contributed by atoms with Crippen LogP contribution in [0.1, 0.15) is 24.8 Å². The van der Waals surface area contributed by atoms with Crippen LogP contribution in [0.4, 0.5) is 4.39 Å². The normalized spacial score (nSPS) is 12.7. The molecule has 0 saturated heterocycles. The highest BCUT2D eigenvalue weighted by Crippen LogP contribution is 2.24. The molecule has 1 rings (SSSR count). The average molecular weight is 275 g/mol. The predicted molar refractivity (Wildman–Crippen MR) is 64.0 cm³/mol. The minimum absolute atomic E-state index is 0.126. The van der Waals surface area contributed by atoms with E-state index in [4.69, 9.17) is 4.74 Å². The lowest BCUT2D eigenvalue weighted by Crippen LogP contribution is -2.07. The van der Waals surface area contributed by atoms with Crippen molar-refractivity contribution >= 4 is 15.9 Å². The Hall–Kier alpha value is -0.410. The van der Waals surface area contributed by atoms with Gasteiger partial charge in [-0.1, -0.05) is 34.1 Å². The molecule has 0 saturated carbocycles. The van der Waals surface area contributed by atoms with Crippen molar-refractivity contribution < 1.29 is 9.13 Å². The van der Waals surface area contributed by atoms with Gasteiger partial charge in [-0.15, -0.1) is 0 Å². The third-order valence-corrected chi connectivity index (χ3v) is 3.13. The summed E-state index contributed by atoms with van der Waals surface area (Å²) in [5, 5.41) is 0.765. The van der Waals surface area contributed by atoms with Gasteiger partial charge in [0, 0.05) is 18.5 Å². The highest BCUT2D eigenvalue weighted by Gasteiger charge is 2.13. The van der Waals surface area contributed by atoms with E-state index in [2.05, 4.69) is 15.9 Å². The third kappa shape index (κ3) is 3.92. The minimum atomic E-state index is -0.126. The Balaban J connectivity index is 2.61. The van der Waals surface area contributed by atoms with E-state index in [1.807, 2.05) is 19.1 Å². The lowest BCUT2D eigenvalue weighted by Gasteiger charge is -2.14. The maximum Gasteiger partial charge on any atom is 0.126 e. The Bertz CT molecular complexity index is 291. The monoisotopic (exact) mass is 274 g/mol. The standard InChI is InChI=1S/C12H16BrFO/c1-2-15-8-7-10(9-13)11-5-3-4-6-12(11)14/h3-6,10H,2,7-9H2,1H3. The Labute approximate surface area is 98.8 Å². The fourth-order valence-electron chi connectivity index (χ4n) is 1.49. The van der Waals surface area contributed by atoms with Gasteiger partial charge in [-0.3, -0.25) is 0 Å². The summed E-state index contributed by atoms with van der Waals surface area (Å²) in [7, 11) is 0. The maximum absolute atomic E-state index is 13.5. The molecule has 0 bridgehead atoms. The van der Waals surface area contributed by atoms with E-state index in [1.54, 1.807) is 6.07 Å². The number of ether oxygens (including phenoxy) is 1. The van der Waals surface area contributed by atoms with Gasteiger partial charge in [0.2, 0.25) is 0 Å². The van der Waals surface area contributed by atoms with Crippen molar-refractivity contribution in [2.45, 2.75) is 19.3 Å². The molecular weight excluding hydrogens is 259 g/mol. The first-order valence-electron chi connectivity index (χ1n) is 5.17. The average Bonchev–Trinajstić information content (AvgIpc) is 2.26. The fourth-order valence-corrected chi connectivity index (χ4v) is 2.16. The number of hydrogen-bond acceptors (Lipinski definition) is 1. The number of alkyl halides is 1. The van der Waals surface area contributed by atoms with E-state index in [9.17, 15) is 4.39 Å². The van der Waals surface area contributed by atoms with Gasteiger partial charge < -0.3 is 4.74 Å². The van der Waals surface area contributed by atoms with Crippen molar-refractivity contribution in [3.05, 3.63) is 35.6 Å². The topological polar surface area (TPSA) is 9.23 Å². The van der Waals surface area contributed by atoms with Crippen molar-refractivity contribution in [2.24, 2.45) is 0 Å². The molecule has 0 heterocycles. The van der Waals surface area contributed by atoms with E-state index in [0.717, 1.165) is 17.3 Å². The van der Waals surface area contributed by atoms with Crippen LogP contribution in [0.3, 0.4) is 0 Å². The van der Waals surface area contributed by atoms with Crippen LogP contribution in [0.2, 0.25) is 0 Å². The molecule has 84 valence electrons. The first-order chi connectivity index (χ1) is 7.29. The SMILES string of the molecule is CCOCCC(CBr)c1ccccc1F. The molecule has 0 spiro atoms. The zero-order chi connectivity index (χ0) is 11.1. The summed E-state index contributed by atoms with van der Waals surface area (Å²) < 4.78 is 18.8. The van der Waals surface area contributed by atoms with Crippen LogP contribution in [-0.4, -0.2) is 18.5 Å². The minimum Gasteiger partial charge on any atom is -0.382 e. The van der Waals surface area contributed by atoms with Gasteiger partial charge in [0.15, 0.2) is 0 Å². The number of hydrogen-bond donors (Lipinski definition) is 0. The summed E-state index contributed by atoms with van der Waals surface area (Å²) in [5.41, 5.74) is 0.772. The van der Waals surface area contributed by atoms with Gasteiger partial charge in [-0.05, 0) is 30.9 Å². The van der Waals surface area contributed by atoms with E-state index in [-0.39, 0.29) is 11.7 Å². The van der Waals surface area contributed by atoms with E-state index in [0.29, 0.717) is 13.2 Å². The quantitative estimate of drug-likeness (QED) is 0.567. The van der Waals surface area contributed by atoms with Crippen LogP contribution in [0, 0.1) is 5.82 Å².